The van der Waals surface area contributed by atoms with E-state index in [0.29, 0.717) is 6.54 Å². The van der Waals surface area contributed by atoms with Crippen molar-refractivity contribution in [3.8, 4) is 6.07 Å². The second-order valence-electron chi connectivity index (χ2n) is 3.88. The van der Waals surface area contributed by atoms with Gasteiger partial charge in [0.25, 0.3) is 0 Å². The molecule has 90 valence electrons. The first-order valence-corrected chi connectivity index (χ1v) is 5.86. The zero-order valence-corrected chi connectivity index (χ0v) is 10.1. The van der Waals surface area contributed by atoms with E-state index < -0.39 is 0 Å². The molecule has 0 aromatic heterocycles. The lowest BCUT2D eigenvalue weighted by Gasteiger charge is -2.36. The Hall–Kier alpha value is -1.28. The molecule has 0 bridgehead atoms. The molecule has 5 heteroatoms. The topological polar surface area (TPSA) is 50.6 Å². The van der Waals surface area contributed by atoms with Crippen LogP contribution in [0.1, 0.15) is 13.8 Å². The van der Waals surface area contributed by atoms with Gasteiger partial charge in [0.05, 0.1) is 12.6 Å². The molecular formula is C11H20N4O. The maximum atomic E-state index is 12.0. The average molecular weight is 224 g/mol. The zero-order valence-electron chi connectivity index (χ0n) is 10.1. The number of hydrogen-bond donors (Lipinski definition) is 0. The summed E-state index contributed by atoms with van der Waals surface area (Å²) in [6, 6.07) is 2.27. The maximum absolute atomic E-state index is 12.0. The number of nitrogens with zero attached hydrogens (tertiary/aromatic N) is 4. The van der Waals surface area contributed by atoms with Gasteiger partial charge in [-0.1, -0.05) is 0 Å². The van der Waals surface area contributed by atoms with Crippen LogP contribution in [-0.2, 0) is 0 Å². The Bertz CT molecular complexity index is 262. The predicted molar refractivity (Wildman–Crippen MR) is 61.9 cm³/mol. The van der Waals surface area contributed by atoms with E-state index >= 15 is 0 Å². The molecule has 0 saturated carbocycles. The second kappa shape index (κ2) is 6.33. The van der Waals surface area contributed by atoms with Crippen molar-refractivity contribution in [2.45, 2.75) is 13.8 Å². The SMILES string of the molecule is CCN(CC)C(=O)N1CCN(CC#N)CC1. The summed E-state index contributed by atoms with van der Waals surface area (Å²) < 4.78 is 0. The number of amides is 2. The van der Waals surface area contributed by atoms with Gasteiger partial charge in [0, 0.05) is 39.3 Å². The summed E-state index contributed by atoms with van der Waals surface area (Å²) in [5, 5.41) is 8.58. The quantitative estimate of drug-likeness (QED) is 0.659. The van der Waals surface area contributed by atoms with Gasteiger partial charge in [0.2, 0.25) is 0 Å². The molecule has 2 amide bonds. The van der Waals surface area contributed by atoms with E-state index in [-0.39, 0.29) is 6.03 Å². The highest BCUT2D eigenvalue weighted by molar-refractivity contribution is 5.74. The van der Waals surface area contributed by atoms with Crippen molar-refractivity contribution >= 4 is 6.03 Å². The first-order chi connectivity index (χ1) is 7.72. The van der Waals surface area contributed by atoms with E-state index in [1.807, 2.05) is 23.6 Å². The Morgan fingerprint density at radius 3 is 2.25 bits per heavy atom. The summed E-state index contributed by atoms with van der Waals surface area (Å²) in [5.41, 5.74) is 0. The van der Waals surface area contributed by atoms with Crippen molar-refractivity contribution in [1.29, 1.82) is 5.26 Å². The third-order valence-corrected chi connectivity index (χ3v) is 2.97. The van der Waals surface area contributed by atoms with Crippen molar-refractivity contribution in [3.63, 3.8) is 0 Å². The molecule has 1 aliphatic heterocycles. The number of hydrogen-bond acceptors (Lipinski definition) is 3. The van der Waals surface area contributed by atoms with Gasteiger partial charge >= 0.3 is 6.03 Å². The van der Waals surface area contributed by atoms with Gasteiger partial charge in [-0.25, -0.2) is 4.79 Å². The highest BCUT2D eigenvalue weighted by Gasteiger charge is 2.23. The van der Waals surface area contributed by atoms with Crippen LogP contribution in [0, 0.1) is 11.3 Å². The van der Waals surface area contributed by atoms with Crippen LogP contribution in [0.15, 0.2) is 0 Å². The van der Waals surface area contributed by atoms with Gasteiger partial charge < -0.3 is 9.80 Å². The van der Waals surface area contributed by atoms with Gasteiger partial charge in [-0.15, -0.1) is 0 Å². The van der Waals surface area contributed by atoms with E-state index in [9.17, 15) is 4.79 Å². The fraction of sp³-hybridized carbons (Fsp3) is 0.818. The Labute approximate surface area is 97.2 Å². The van der Waals surface area contributed by atoms with Crippen LogP contribution in [-0.4, -0.2) is 66.5 Å². The van der Waals surface area contributed by atoms with E-state index in [1.54, 1.807) is 0 Å². The molecule has 0 aliphatic carbocycles. The zero-order chi connectivity index (χ0) is 12.0. The molecule has 0 aromatic carbocycles. The summed E-state index contributed by atoms with van der Waals surface area (Å²) in [6.45, 7) is 9.05. The molecule has 0 radical (unpaired) electrons. The smallest absolute Gasteiger partial charge is 0.320 e. The third-order valence-electron chi connectivity index (χ3n) is 2.97. The lowest BCUT2D eigenvalue weighted by Crippen LogP contribution is -2.52. The van der Waals surface area contributed by atoms with E-state index in [0.717, 1.165) is 39.3 Å². The number of rotatable bonds is 3. The predicted octanol–water partition coefficient (Wildman–Crippen LogP) is 0.589. The molecule has 0 atom stereocenters. The Morgan fingerprint density at radius 2 is 1.81 bits per heavy atom. The highest BCUT2D eigenvalue weighted by Crippen LogP contribution is 2.05. The third kappa shape index (κ3) is 3.11. The Balaban J connectivity index is 2.41. The molecule has 1 fully saturated rings. The second-order valence-corrected chi connectivity index (χ2v) is 3.88. The lowest BCUT2D eigenvalue weighted by atomic mass is 10.3. The number of carbonyl (C=O) groups excluding carboxylic acids is 1. The van der Waals surface area contributed by atoms with Crippen molar-refractivity contribution in [1.82, 2.24) is 14.7 Å². The van der Waals surface area contributed by atoms with Crippen LogP contribution in [0.3, 0.4) is 0 Å². The van der Waals surface area contributed by atoms with Crippen molar-refractivity contribution in [3.05, 3.63) is 0 Å². The molecule has 1 rings (SSSR count). The Kier molecular flexibility index (Phi) is 5.06. The van der Waals surface area contributed by atoms with Gasteiger partial charge in [-0.05, 0) is 13.8 Å². The van der Waals surface area contributed by atoms with Crippen molar-refractivity contribution in [2.24, 2.45) is 0 Å². The summed E-state index contributed by atoms with van der Waals surface area (Å²) in [6.07, 6.45) is 0. The van der Waals surface area contributed by atoms with Crippen LogP contribution in [0.5, 0.6) is 0 Å². The monoisotopic (exact) mass is 224 g/mol. The van der Waals surface area contributed by atoms with Crippen molar-refractivity contribution in [2.75, 3.05) is 45.8 Å². The fourth-order valence-corrected chi connectivity index (χ4v) is 1.89. The minimum Gasteiger partial charge on any atom is -0.325 e. The normalized spacial score (nSPS) is 16.9. The lowest BCUT2D eigenvalue weighted by molar-refractivity contribution is 0.121. The van der Waals surface area contributed by atoms with Gasteiger partial charge in [-0.2, -0.15) is 5.26 Å². The van der Waals surface area contributed by atoms with Crippen LogP contribution in [0.4, 0.5) is 4.79 Å². The molecule has 0 aromatic rings. The molecule has 0 N–H and O–H groups in total. The minimum absolute atomic E-state index is 0.126. The standard InChI is InChI=1S/C11H20N4O/c1-3-14(4-2)11(16)15-9-7-13(6-5-12)8-10-15/h3-4,6-10H2,1-2H3. The molecule has 1 heterocycles. The highest BCUT2D eigenvalue weighted by atomic mass is 16.2. The Morgan fingerprint density at radius 1 is 1.25 bits per heavy atom. The number of piperazine rings is 1. The largest absolute Gasteiger partial charge is 0.325 e. The van der Waals surface area contributed by atoms with E-state index in [1.165, 1.54) is 0 Å². The van der Waals surface area contributed by atoms with E-state index in [4.69, 9.17) is 5.26 Å². The van der Waals surface area contributed by atoms with Gasteiger partial charge in [0.1, 0.15) is 0 Å². The van der Waals surface area contributed by atoms with Crippen LogP contribution >= 0.6 is 0 Å². The first-order valence-electron chi connectivity index (χ1n) is 5.86. The summed E-state index contributed by atoms with van der Waals surface area (Å²) >= 11 is 0. The molecular weight excluding hydrogens is 204 g/mol. The minimum atomic E-state index is 0.126. The van der Waals surface area contributed by atoms with Gasteiger partial charge in [0.15, 0.2) is 0 Å². The molecule has 0 spiro atoms. The summed E-state index contributed by atoms with van der Waals surface area (Å²) in [5.74, 6) is 0. The number of nitriles is 1. The summed E-state index contributed by atoms with van der Waals surface area (Å²) in [4.78, 5) is 17.8. The number of urea groups is 1. The van der Waals surface area contributed by atoms with Crippen LogP contribution < -0.4 is 0 Å². The molecule has 1 aliphatic rings. The summed E-state index contributed by atoms with van der Waals surface area (Å²) in [7, 11) is 0. The number of carbonyl (C=O) groups is 1. The molecule has 16 heavy (non-hydrogen) atoms. The van der Waals surface area contributed by atoms with Crippen molar-refractivity contribution < 1.29 is 4.79 Å². The molecule has 1 saturated heterocycles. The van der Waals surface area contributed by atoms with Crippen LogP contribution in [0.25, 0.3) is 0 Å². The fourth-order valence-electron chi connectivity index (χ4n) is 1.89. The maximum Gasteiger partial charge on any atom is 0.320 e. The first kappa shape index (κ1) is 12.8. The van der Waals surface area contributed by atoms with Gasteiger partial charge in [-0.3, -0.25) is 4.90 Å². The molecule has 0 unspecified atom stereocenters. The van der Waals surface area contributed by atoms with E-state index in [2.05, 4.69) is 11.0 Å². The van der Waals surface area contributed by atoms with Crippen LogP contribution in [0.2, 0.25) is 0 Å². The molecule has 5 nitrogen and oxygen atoms in total. The average Bonchev–Trinajstić information content (AvgIpc) is 2.32.